The number of rotatable bonds is 4. The third kappa shape index (κ3) is 3.46. The molecule has 0 aliphatic rings. The Kier molecular flexibility index (Phi) is 3.96. The van der Waals surface area contributed by atoms with Crippen molar-refractivity contribution < 1.29 is 5.11 Å². The third-order valence-corrected chi connectivity index (χ3v) is 1.91. The van der Waals surface area contributed by atoms with Crippen LogP contribution >= 0.6 is 0 Å². The highest BCUT2D eigenvalue weighted by Crippen LogP contribution is 2.08. The lowest BCUT2D eigenvalue weighted by Crippen LogP contribution is -2.09. The Hall–Kier alpha value is -1.53. The van der Waals surface area contributed by atoms with Gasteiger partial charge in [0.1, 0.15) is 0 Å². The van der Waals surface area contributed by atoms with Crippen molar-refractivity contribution in [3.8, 4) is 6.07 Å². The molecule has 0 amide bonds. The zero-order valence-corrected chi connectivity index (χ0v) is 8.20. The maximum atomic E-state index is 9.03. The molecule has 0 fully saturated rings. The van der Waals surface area contributed by atoms with Crippen molar-refractivity contribution in [2.24, 2.45) is 0 Å². The van der Waals surface area contributed by atoms with Gasteiger partial charge in [0.15, 0.2) is 0 Å². The SMILES string of the molecule is C[C@H](O)CCNc1ccc(C#N)cc1. The van der Waals surface area contributed by atoms with E-state index in [-0.39, 0.29) is 6.10 Å². The lowest BCUT2D eigenvalue weighted by atomic mass is 10.2. The normalized spacial score (nSPS) is 11.8. The van der Waals surface area contributed by atoms with Gasteiger partial charge in [0.25, 0.3) is 0 Å². The first kappa shape index (κ1) is 10.6. The van der Waals surface area contributed by atoms with Gasteiger partial charge in [-0.05, 0) is 37.6 Å². The van der Waals surface area contributed by atoms with E-state index in [0.717, 1.165) is 18.7 Å². The van der Waals surface area contributed by atoms with Crippen molar-refractivity contribution in [1.82, 2.24) is 0 Å². The summed E-state index contributed by atoms with van der Waals surface area (Å²) in [6.45, 7) is 2.50. The van der Waals surface area contributed by atoms with Crippen LogP contribution in [0.25, 0.3) is 0 Å². The second kappa shape index (κ2) is 5.25. The number of hydrogen-bond donors (Lipinski definition) is 2. The smallest absolute Gasteiger partial charge is 0.0991 e. The molecule has 0 unspecified atom stereocenters. The van der Waals surface area contributed by atoms with Gasteiger partial charge in [-0.2, -0.15) is 5.26 Å². The van der Waals surface area contributed by atoms with Crippen LogP contribution < -0.4 is 5.32 Å². The molecule has 0 heterocycles. The number of anilines is 1. The molecule has 0 aromatic heterocycles. The molecule has 0 radical (unpaired) electrons. The van der Waals surface area contributed by atoms with Crippen LogP contribution in [0.4, 0.5) is 5.69 Å². The molecule has 3 heteroatoms. The van der Waals surface area contributed by atoms with E-state index in [1.807, 2.05) is 12.1 Å². The Morgan fingerprint density at radius 3 is 2.57 bits per heavy atom. The lowest BCUT2D eigenvalue weighted by Gasteiger charge is -2.07. The number of hydrogen-bond acceptors (Lipinski definition) is 3. The fraction of sp³-hybridized carbons (Fsp3) is 0.364. The van der Waals surface area contributed by atoms with Gasteiger partial charge in [0.2, 0.25) is 0 Å². The number of nitrogens with one attached hydrogen (secondary N) is 1. The Morgan fingerprint density at radius 1 is 1.43 bits per heavy atom. The minimum atomic E-state index is -0.277. The predicted octanol–water partition coefficient (Wildman–Crippen LogP) is 1.74. The molecule has 0 bridgehead atoms. The maximum absolute atomic E-state index is 9.03. The quantitative estimate of drug-likeness (QED) is 0.760. The molecule has 3 nitrogen and oxygen atoms in total. The molecular formula is C11H14N2O. The summed E-state index contributed by atoms with van der Waals surface area (Å²) in [6, 6.07) is 9.32. The Morgan fingerprint density at radius 2 is 2.07 bits per heavy atom. The molecule has 2 N–H and O–H groups in total. The van der Waals surface area contributed by atoms with Crippen LogP contribution in [0.2, 0.25) is 0 Å². The van der Waals surface area contributed by atoms with Crippen molar-refractivity contribution in [1.29, 1.82) is 5.26 Å². The average molecular weight is 190 g/mol. The van der Waals surface area contributed by atoms with Gasteiger partial charge in [-0.25, -0.2) is 0 Å². The van der Waals surface area contributed by atoms with Crippen molar-refractivity contribution in [2.75, 3.05) is 11.9 Å². The summed E-state index contributed by atoms with van der Waals surface area (Å²) in [5, 5.41) is 20.8. The zero-order valence-electron chi connectivity index (χ0n) is 8.20. The van der Waals surface area contributed by atoms with Gasteiger partial charge >= 0.3 is 0 Å². The highest BCUT2D eigenvalue weighted by Gasteiger charge is 1.95. The van der Waals surface area contributed by atoms with Gasteiger partial charge in [-0.15, -0.1) is 0 Å². The first-order chi connectivity index (χ1) is 6.72. The topological polar surface area (TPSA) is 56.0 Å². The van der Waals surface area contributed by atoms with E-state index >= 15 is 0 Å². The molecule has 0 saturated carbocycles. The van der Waals surface area contributed by atoms with Gasteiger partial charge in [-0.3, -0.25) is 0 Å². The predicted molar refractivity (Wildman–Crippen MR) is 55.9 cm³/mol. The molecule has 1 aromatic carbocycles. The number of aliphatic hydroxyl groups excluding tert-OH is 1. The zero-order chi connectivity index (χ0) is 10.4. The van der Waals surface area contributed by atoms with E-state index in [1.165, 1.54) is 0 Å². The molecule has 1 aromatic rings. The van der Waals surface area contributed by atoms with E-state index in [2.05, 4.69) is 11.4 Å². The van der Waals surface area contributed by atoms with Crippen molar-refractivity contribution in [3.63, 3.8) is 0 Å². The molecular weight excluding hydrogens is 176 g/mol. The number of benzene rings is 1. The van der Waals surface area contributed by atoms with Crippen LogP contribution in [0.3, 0.4) is 0 Å². The minimum absolute atomic E-state index is 0.277. The Bertz CT molecular complexity index is 311. The van der Waals surface area contributed by atoms with E-state index in [9.17, 15) is 0 Å². The average Bonchev–Trinajstić information content (AvgIpc) is 2.18. The minimum Gasteiger partial charge on any atom is -0.393 e. The standard InChI is InChI=1S/C11H14N2O/c1-9(14)6-7-13-11-4-2-10(8-12)3-5-11/h2-5,9,13-14H,6-7H2,1H3/t9-/m0/s1. The summed E-state index contributed by atoms with van der Waals surface area (Å²) < 4.78 is 0. The molecule has 0 spiro atoms. The lowest BCUT2D eigenvalue weighted by molar-refractivity contribution is 0.189. The molecule has 1 rings (SSSR count). The number of aliphatic hydroxyl groups is 1. The Labute approximate surface area is 84.0 Å². The van der Waals surface area contributed by atoms with Crippen LogP contribution in [0.15, 0.2) is 24.3 Å². The monoisotopic (exact) mass is 190 g/mol. The summed E-state index contributed by atoms with van der Waals surface area (Å²) in [6.07, 6.45) is 0.445. The van der Waals surface area contributed by atoms with E-state index < -0.39 is 0 Å². The number of nitrogens with zero attached hydrogens (tertiary/aromatic N) is 1. The highest BCUT2D eigenvalue weighted by molar-refractivity contribution is 5.46. The van der Waals surface area contributed by atoms with Gasteiger partial charge in [0.05, 0.1) is 17.7 Å². The largest absolute Gasteiger partial charge is 0.393 e. The molecule has 14 heavy (non-hydrogen) atoms. The molecule has 1 atom stereocenters. The van der Waals surface area contributed by atoms with E-state index in [0.29, 0.717) is 5.56 Å². The van der Waals surface area contributed by atoms with E-state index in [1.54, 1.807) is 19.1 Å². The van der Waals surface area contributed by atoms with Crippen LogP contribution in [0, 0.1) is 11.3 Å². The van der Waals surface area contributed by atoms with Gasteiger partial charge in [-0.1, -0.05) is 0 Å². The molecule has 74 valence electrons. The second-order valence-electron chi connectivity index (χ2n) is 3.25. The summed E-state index contributed by atoms with van der Waals surface area (Å²) in [7, 11) is 0. The molecule has 0 aliphatic carbocycles. The third-order valence-electron chi connectivity index (χ3n) is 1.91. The summed E-state index contributed by atoms with van der Waals surface area (Å²) >= 11 is 0. The molecule has 0 saturated heterocycles. The van der Waals surface area contributed by atoms with Crippen LogP contribution in [-0.2, 0) is 0 Å². The summed E-state index contributed by atoms with van der Waals surface area (Å²) in [5.74, 6) is 0. The molecule has 0 aliphatic heterocycles. The van der Waals surface area contributed by atoms with Crippen LogP contribution in [-0.4, -0.2) is 17.8 Å². The van der Waals surface area contributed by atoms with Crippen molar-refractivity contribution in [2.45, 2.75) is 19.4 Å². The first-order valence-electron chi connectivity index (χ1n) is 4.64. The van der Waals surface area contributed by atoms with Gasteiger partial charge in [0, 0.05) is 12.2 Å². The second-order valence-corrected chi connectivity index (χ2v) is 3.25. The highest BCUT2D eigenvalue weighted by atomic mass is 16.3. The van der Waals surface area contributed by atoms with Gasteiger partial charge < -0.3 is 10.4 Å². The van der Waals surface area contributed by atoms with Crippen molar-refractivity contribution in [3.05, 3.63) is 29.8 Å². The van der Waals surface area contributed by atoms with Crippen LogP contribution in [0.1, 0.15) is 18.9 Å². The van der Waals surface area contributed by atoms with E-state index in [4.69, 9.17) is 10.4 Å². The summed E-state index contributed by atoms with van der Waals surface area (Å²) in [4.78, 5) is 0. The maximum Gasteiger partial charge on any atom is 0.0991 e. The first-order valence-corrected chi connectivity index (χ1v) is 4.64. The Balaban J connectivity index is 2.41. The summed E-state index contributed by atoms with van der Waals surface area (Å²) in [5.41, 5.74) is 1.63. The fourth-order valence-corrected chi connectivity index (χ4v) is 1.09. The van der Waals surface area contributed by atoms with Crippen molar-refractivity contribution >= 4 is 5.69 Å². The fourth-order valence-electron chi connectivity index (χ4n) is 1.09. The number of nitriles is 1. The van der Waals surface area contributed by atoms with Crippen LogP contribution in [0.5, 0.6) is 0 Å².